The highest BCUT2D eigenvalue weighted by Gasteiger charge is 2.71. The molecule has 0 amide bonds. The molecule has 3 bridgehead atoms. The van der Waals surface area contributed by atoms with Crippen LogP contribution in [0.1, 0.15) is 115 Å². The van der Waals surface area contributed by atoms with Crippen LogP contribution in [-0.2, 0) is 31.8 Å². The van der Waals surface area contributed by atoms with Crippen molar-refractivity contribution in [2.45, 2.75) is 143 Å². The van der Waals surface area contributed by atoms with Gasteiger partial charge in [0.25, 0.3) is 0 Å². The molecule has 4 aliphatic carbocycles. The molecule has 17 atom stereocenters. The Hall–Kier alpha value is -5.46. The minimum atomic E-state index is -1.86. The van der Waals surface area contributed by atoms with E-state index in [2.05, 4.69) is 36.8 Å². The Morgan fingerprint density at radius 1 is 1.05 bits per heavy atom. The Kier molecular flexibility index (Phi) is 15.2. The second kappa shape index (κ2) is 21.5. The summed E-state index contributed by atoms with van der Waals surface area (Å²) in [5.74, 6) is 1.83. The summed E-state index contributed by atoms with van der Waals surface area (Å²) in [6, 6.07) is 16.3. The number of hydrogen-bond donors (Lipinski definition) is 7. The molecule has 11 rings (SSSR count). The standard InChI is InChI=1S/C60H72N2O13/c1-3-7-38-15-17-44(29-41(38)28-42(35-71-2)48(34-64)62-24-20-37(32-61)33-62)74-56-60-31-47(49(65)9-6-26-72-50(10-5-25-63)53(75-56)52(66)54(60)67)57(23-27-73-60)22-19-51-58(70,36-57)30-46-45(18-16-43-8-4-21-59(43,46)51)39-11-13-40(14-12-39)55(68)69/h3,11-15,17,19-20,22-24,27,29,33,42-43,45-54,56,63-67,70H,1,4-5,7-10,16,18,21,25,28,30-31,34-36H2,2H3,(H,68,69)/t42-,43+,45+,46+,47+,48+,49+,50+,51+,52+,53+,54-,56-,57-,58-,59-,60+/m0/s1. The summed E-state index contributed by atoms with van der Waals surface area (Å²) in [6.45, 7) is 3.89. The Morgan fingerprint density at radius 2 is 1.88 bits per heavy atom. The SMILES string of the molecule is C=CCc1ccc(O[C@H]2O[C@H]3[C@@H](O)[C@H](O)[C@]24C[C@H]([C@H](O)CC#CO[C@@H]3CCCO)[C@]2(C=CO4)C=C[C@@H]3[C@](O)(C[C@@H]4[C@@H](c5ccc(C(=O)O)cc5)CC[C@H]5CCC[C@]543)C2)cc1C[C@@H](COC)[C@@H](CO)n1ccc(C#N)c1. The van der Waals surface area contributed by atoms with E-state index in [-0.39, 0.29) is 86.6 Å². The minimum absolute atomic E-state index is 0.0239. The van der Waals surface area contributed by atoms with Crippen molar-refractivity contribution in [2.24, 2.45) is 40.4 Å². The number of benzene rings is 2. The zero-order valence-electron chi connectivity index (χ0n) is 42.7. The second-order valence-electron chi connectivity index (χ2n) is 22.6. The summed E-state index contributed by atoms with van der Waals surface area (Å²) in [7, 11) is 1.60. The Labute approximate surface area is 439 Å². The number of allylic oxidation sites excluding steroid dienone is 3. The smallest absolute Gasteiger partial charge is 0.335 e. The van der Waals surface area contributed by atoms with Gasteiger partial charge in [-0.25, -0.2) is 4.79 Å². The van der Waals surface area contributed by atoms with E-state index in [9.17, 15) is 45.8 Å². The summed E-state index contributed by atoms with van der Waals surface area (Å²) >= 11 is 0. The van der Waals surface area contributed by atoms with Crippen molar-refractivity contribution in [3.8, 4) is 23.8 Å². The van der Waals surface area contributed by atoms with Gasteiger partial charge in [-0.3, -0.25) is 0 Å². The fourth-order valence-electron chi connectivity index (χ4n) is 15.5. The molecule has 0 radical (unpaired) electrons. The number of carboxylic acid groups (broad SMARTS) is 1. The molecule has 1 saturated heterocycles. The first-order chi connectivity index (χ1) is 36.3. The first-order valence-electron chi connectivity index (χ1n) is 26.9. The molecular weight excluding hydrogens is 957 g/mol. The second-order valence-corrected chi connectivity index (χ2v) is 22.6. The van der Waals surface area contributed by atoms with Gasteiger partial charge in [0, 0.05) is 62.1 Å². The van der Waals surface area contributed by atoms with Crippen LogP contribution in [-0.4, -0.2) is 121 Å². The van der Waals surface area contributed by atoms with Gasteiger partial charge in [-0.05, 0) is 140 Å². The third-order valence-corrected chi connectivity index (χ3v) is 18.9. The van der Waals surface area contributed by atoms with Crippen LogP contribution in [0.5, 0.6) is 5.75 Å². The van der Waals surface area contributed by atoms with Crippen LogP contribution < -0.4 is 4.74 Å². The van der Waals surface area contributed by atoms with E-state index in [1.165, 1.54) is 6.26 Å². The van der Waals surface area contributed by atoms with Gasteiger partial charge in [-0.1, -0.05) is 48.8 Å². The van der Waals surface area contributed by atoms with Gasteiger partial charge in [0.1, 0.15) is 42.3 Å². The number of aromatic nitrogens is 1. The van der Waals surface area contributed by atoms with Gasteiger partial charge in [0.15, 0.2) is 5.60 Å². The lowest BCUT2D eigenvalue weighted by Crippen LogP contribution is -2.70. The van der Waals surface area contributed by atoms with Crippen molar-refractivity contribution in [1.82, 2.24) is 4.57 Å². The molecule has 75 heavy (non-hydrogen) atoms. The van der Waals surface area contributed by atoms with Gasteiger partial charge >= 0.3 is 5.97 Å². The van der Waals surface area contributed by atoms with Gasteiger partial charge in [0.05, 0.1) is 48.3 Å². The number of aliphatic hydroxyl groups is 6. The number of hydrogen-bond acceptors (Lipinski definition) is 13. The Balaban J connectivity index is 1.02. The number of carbonyl (C=O) groups is 1. The number of ether oxygens (including phenoxy) is 5. The molecule has 15 nitrogen and oxygen atoms in total. The first kappa shape index (κ1) is 53.0. The van der Waals surface area contributed by atoms with E-state index in [4.69, 9.17) is 23.7 Å². The summed E-state index contributed by atoms with van der Waals surface area (Å²) in [4.78, 5) is 11.8. The minimum Gasteiger partial charge on any atom is -0.486 e. The van der Waals surface area contributed by atoms with Crippen LogP contribution in [0.4, 0.5) is 0 Å². The quantitative estimate of drug-likeness (QED) is 0.0600. The highest BCUT2D eigenvalue weighted by molar-refractivity contribution is 5.87. The molecule has 1 aromatic heterocycles. The monoisotopic (exact) mass is 1030 g/mol. The normalized spacial score (nSPS) is 37.1. The summed E-state index contributed by atoms with van der Waals surface area (Å²) in [5.41, 5.74) is -0.695. The number of aromatic carboxylic acids is 1. The number of methoxy groups -OCH3 is 1. The molecule has 15 heteroatoms. The van der Waals surface area contributed by atoms with Crippen LogP contribution in [0.25, 0.3) is 0 Å². The molecule has 4 fully saturated rings. The maximum absolute atomic E-state index is 13.5. The van der Waals surface area contributed by atoms with Crippen molar-refractivity contribution >= 4 is 5.97 Å². The Bertz CT molecular complexity index is 2720. The van der Waals surface area contributed by atoms with E-state index >= 15 is 0 Å². The average Bonchev–Trinajstić information content (AvgIpc) is 4.10. The lowest BCUT2D eigenvalue weighted by Gasteiger charge is -2.54. The van der Waals surface area contributed by atoms with Crippen LogP contribution >= 0.6 is 0 Å². The van der Waals surface area contributed by atoms with E-state index in [1.54, 1.807) is 49.8 Å². The summed E-state index contributed by atoms with van der Waals surface area (Å²) < 4.78 is 34.3. The largest absolute Gasteiger partial charge is 0.486 e. The molecule has 3 saturated carbocycles. The van der Waals surface area contributed by atoms with Crippen LogP contribution in [0, 0.1) is 63.8 Å². The molecule has 5 heterocycles. The lowest BCUT2D eigenvalue weighted by molar-refractivity contribution is -0.334. The topological polar surface area (TPSA) is 234 Å². The zero-order valence-corrected chi connectivity index (χ0v) is 42.7. The van der Waals surface area contributed by atoms with Crippen LogP contribution in [0.2, 0.25) is 0 Å². The molecule has 7 N–H and O–H groups in total. The van der Waals surface area contributed by atoms with Crippen LogP contribution in [0.15, 0.2) is 98.1 Å². The van der Waals surface area contributed by atoms with Crippen molar-refractivity contribution in [1.29, 1.82) is 5.26 Å². The molecule has 2 aromatic carbocycles. The predicted octanol–water partition coefficient (Wildman–Crippen LogP) is 6.50. The average molecular weight is 1030 g/mol. The summed E-state index contributed by atoms with van der Waals surface area (Å²) in [6.07, 6.45) is 14.9. The fourth-order valence-corrected chi connectivity index (χ4v) is 15.5. The molecule has 8 aliphatic rings. The van der Waals surface area contributed by atoms with E-state index in [0.717, 1.165) is 48.8 Å². The maximum atomic E-state index is 13.5. The van der Waals surface area contributed by atoms with Crippen molar-refractivity contribution in [3.63, 3.8) is 0 Å². The number of aliphatic hydroxyl groups excluding tert-OH is 5. The van der Waals surface area contributed by atoms with Gasteiger partial charge in [-0.15, -0.1) is 6.58 Å². The molecule has 3 aromatic rings. The highest BCUT2D eigenvalue weighted by atomic mass is 16.7. The molecule has 4 aliphatic heterocycles. The number of nitrogens with zero attached hydrogens (tertiary/aromatic N) is 2. The number of carboxylic acids is 1. The van der Waals surface area contributed by atoms with E-state index < -0.39 is 71.4 Å². The summed E-state index contributed by atoms with van der Waals surface area (Å²) in [5, 5.41) is 91.1. The predicted molar refractivity (Wildman–Crippen MR) is 275 cm³/mol. The van der Waals surface area contributed by atoms with Crippen molar-refractivity contribution in [2.75, 3.05) is 26.9 Å². The van der Waals surface area contributed by atoms with Gasteiger partial charge in [-0.2, -0.15) is 5.26 Å². The molecular formula is C60H72N2O13. The van der Waals surface area contributed by atoms with Crippen molar-refractivity contribution in [3.05, 3.63) is 126 Å². The lowest BCUT2D eigenvalue weighted by atomic mass is 9.52. The van der Waals surface area contributed by atoms with Gasteiger partial charge < -0.3 is 64.0 Å². The Morgan fingerprint density at radius 3 is 2.61 bits per heavy atom. The zero-order chi connectivity index (χ0) is 52.7. The number of fused-ring (bicyclic) bond motifs is 7. The van der Waals surface area contributed by atoms with Crippen molar-refractivity contribution < 1.29 is 64.2 Å². The van der Waals surface area contributed by atoms with Crippen LogP contribution in [0.3, 0.4) is 0 Å². The third-order valence-electron chi connectivity index (χ3n) is 18.9. The molecule has 0 unspecified atom stereocenters. The van der Waals surface area contributed by atoms with E-state index in [1.807, 2.05) is 34.9 Å². The third kappa shape index (κ3) is 9.41. The molecule has 400 valence electrons. The first-order valence-corrected chi connectivity index (χ1v) is 26.9. The maximum Gasteiger partial charge on any atom is 0.335 e. The molecule has 3 spiro atoms. The highest BCUT2D eigenvalue weighted by Crippen LogP contribution is 2.73. The number of nitriles is 1. The number of rotatable bonds is 16. The van der Waals surface area contributed by atoms with Gasteiger partial charge in [0.2, 0.25) is 6.29 Å². The van der Waals surface area contributed by atoms with E-state index in [0.29, 0.717) is 36.5 Å². The fraction of sp³-hybridized carbons (Fsp3) is 0.567.